The van der Waals surface area contributed by atoms with Crippen molar-refractivity contribution in [1.82, 2.24) is 0 Å². The molecule has 2 amide bonds. The van der Waals surface area contributed by atoms with Crippen molar-refractivity contribution in [3.05, 3.63) is 59.9 Å². The maximum atomic E-state index is 13.4. The number of para-hydroxylation sites is 1. The molecule has 2 rings (SSSR count). The van der Waals surface area contributed by atoms with Gasteiger partial charge in [0.1, 0.15) is 11.2 Å². The highest BCUT2D eigenvalue weighted by Crippen LogP contribution is 2.20. The second kappa shape index (κ2) is 7.04. The van der Waals surface area contributed by atoms with E-state index in [0.717, 1.165) is 12.1 Å². The lowest BCUT2D eigenvalue weighted by molar-refractivity contribution is -0.115. The fraction of sp³-hybridized carbons (Fsp3) is 0.125. The molecule has 0 bridgehead atoms. The van der Waals surface area contributed by atoms with E-state index in [-0.39, 0.29) is 11.3 Å². The Labute approximate surface area is 132 Å². The summed E-state index contributed by atoms with van der Waals surface area (Å²) in [5.41, 5.74) is 0.793. The van der Waals surface area contributed by atoms with E-state index in [1.807, 2.05) is 6.07 Å². The van der Waals surface area contributed by atoms with Crippen molar-refractivity contribution in [3.63, 3.8) is 0 Å². The zero-order chi connectivity index (χ0) is 16.1. The van der Waals surface area contributed by atoms with E-state index in [1.165, 1.54) is 13.0 Å². The van der Waals surface area contributed by atoms with Gasteiger partial charge >= 0.3 is 0 Å². The van der Waals surface area contributed by atoms with Crippen molar-refractivity contribution in [3.8, 4) is 0 Å². The van der Waals surface area contributed by atoms with E-state index < -0.39 is 23.0 Å². The van der Waals surface area contributed by atoms with Gasteiger partial charge in [-0.3, -0.25) is 9.59 Å². The molecule has 0 heterocycles. The Kier molecular flexibility index (Phi) is 5.12. The molecule has 2 N–H and O–H groups in total. The van der Waals surface area contributed by atoms with E-state index in [2.05, 4.69) is 10.6 Å². The predicted molar refractivity (Wildman–Crippen MR) is 84.7 cm³/mol. The lowest BCUT2D eigenvalue weighted by Gasteiger charge is -2.12. The summed E-state index contributed by atoms with van der Waals surface area (Å²) >= 11 is 5.68. The van der Waals surface area contributed by atoms with Gasteiger partial charge in [0.05, 0.1) is 11.3 Å². The highest BCUT2D eigenvalue weighted by Gasteiger charge is 2.17. The number of halogens is 2. The molecule has 4 nitrogen and oxygen atoms in total. The minimum atomic E-state index is -0.768. The van der Waals surface area contributed by atoms with Gasteiger partial charge in [-0.05, 0) is 37.3 Å². The molecule has 1 unspecified atom stereocenters. The summed E-state index contributed by atoms with van der Waals surface area (Å²) < 4.78 is 13.4. The Morgan fingerprint density at radius 1 is 1.09 bits per heavy atom. The van der Waals surface area contributed by atoms with Crippen molar-refractivity contribution < 1.29 is 14.0 Å². The van der Waals surface area contributed by atoms with Crippen molar-refractivity contribution >= 4 is 34.8 Å². The van der Waals surface area contributed by atoms with Crippen LogP contribution >= 0.6 is 11.6 Å². The number of rotatable bonds is 4. The Morgan fingerprint density at radius 2 is 1.77 bits per heavy atom. The molecule has 0 saturated heterocycles. The van der Waals surface area contributed by atoms with Crippen LogP contribution in [0.15, 0.2) is 48.5 Å². The molecule has 0 saturated carbocycles. The molecule has 0 aliphatic rings. The summed E-state index contributed by atoms with van der Waals surface area (Å²) in [6.07, 6.45) is 0. The fourth-order valence-electron chi connectivity index (χ4n) is 1.77. The number of anilines is 2. The first kappa shape index (κ1) is 16.0. The molecule has 0 spiro atoms. The van der Waals surface area contributed by atoms with Gasteiger partial charge in [-0.1, -0.05) is 18.2 Å². The monoisotopic (exact) mass is 320 g/mol. The third-order valence-corrected chi connectivity index (χ3v) is 3.08. The zero-order valence-electron chi connectivity index (χ0n) is 11.8. The van der Waals surface area contributed by atoms with Gasteiger partial charge in [0.2, 0.25) is 5.91 Å². The van der Waals surface area contributed by atoms with Crippen LogP contribution in [-0.4, -0.2) is 17.2 Å². The molecule has 22 heavy (non-hydrogen) atoms. The van der Waals surface area contributed by atoms with Crippen LogP contribution in [0.2, 0.25) is 0 Å². The third kappa shape index (κ3) is 4.05. The molecule has 0 radical (unpaired) electrons. The first-order valence-corrected chi connectivity index (χ1v) is 7.02. The first-order chi connectivity index (χ1) is 10.5. The number of carbonyl (C=O) groups is 2. The van der Waals surface area contributed by atoms with Crippen LogP contribution in [0.25, 0.3) is 0 Å². The van der Waals surface area contributed by atoms with Crippen LogP contribution in [-0.2, 0) is 4.79 Å². The van der Waals surface area contributed by atoms with Crippen LogP contribution in [0.3, 0.4) is 0 Å². The third-order valence-electron chi connectivity index (χ3n) is 2.88. The predicted octanol–water partition coefficient (Wildman–Crippen LogP) is 3.64. The van der Waals surface area contributed by atoms with Crippen molar-refractivity contribution in [2.75, 3.05) is 10.6 Å². The lowest BCUT2D eigenvalue weighted by atomic mass is 10.1. The van der Waals surface area contributed by atoms with Crippen molar-refractivity contribution in [2.24, 2.45) is 0 Å². The van der Waals surface area contributed by atoms with Crippen LogP contribution in [0.1, 0.15) is 17.3 Å². The molecule has 0 aromatic heterocycles. The summed E-state index contributed by atoms with van der Waals surface area (Å²) in [6, 6.07) is 12.3. The molecule has 1 atom stereocenters. The molecule has 2 aromatic rings. The normalized spacial score (nSPS) is 11.6. The van der Waals surface area contributed by atoms with E-state index in [1.54, 1.807) is 24.3 Å². The largest absolute Gasteiger partial charge is 0.324 e. The van der Waals surface area contributed by atoms with E-state index in [9.17, 15) is 14.0 Å². The van der Waals surface area contributed by atoms with Crippen molar-refractivity contribution in [2.45, 2.75) is 12.3 Å². The quantitative estimate of drug-likeness (QED) is 0.845. The number of carbonyl (C=O) groups excluding carboxylic acids is 2. The summed E-state index contributed by atoms with van der Waals surface area (Å²) in [7, 11) is 0. The Morgan fingerprint density at radius 3 is 2.41 bits per heavy atom. The second-order valence-electron chi connectivity index (χ2n) is 4.62. The van der Waals surface area contributed by atoms with Gasteiger partial charge in [0.15, 0.2) is 0 Å². The molecular formula is C16H14ClFN2O2. The second-order valence-corrected chi connectivity index (χ2v) is 5.27. The smallest absolute Gasteiger partial charge is 0.257 e. The van der Waals surface area contributed by atoms with E-state index >= 15 is 0 Å². The van der Waals surface area contributed by atoms with E-state index in [4.69, 9.17) is 11.6 Å². The summed E-state index contributed by atoms with van der Waals surface area (Å²) in [4.78, 5) is 23.9. The Balaban J connectivity index is 2.26. The molecule has 0 aliphatic heterocycles. The molecule has 0 fully saturated rings. The number of alkyl halides is 1. The van der Waals surface area contributed by atoms with Crippen molar-refractivity contribution in [1.29, 1.82) is 0 Å². The number of nitrogens with one attached hydrogen (secondary N) is 2. The van der Waals surface area contributed by atoms with Crippen LogP contribution in [0.4, 0.5) is 15.8 Å². The lowest BCUT2D eigenvalue weighted by Crippen LogP contribution is -2.23. The van der Waals surface area contributed by atoms with Crippen LogP contribution in [0.5, 0.6) is 0 Å². The number of benzene rings is 2. The minimum Gasteiger partial charge on any atom is -0.324 e. The van der Waals surface area contributed by atoms with Gasteiger partial charge in [-0.2, -0.15) is 0 Å². The zero-order valence-corrected chi connectivity index (χ0v) is 12.5. The fourth-order valence-corrected chi connectivity index (χ4v) is 1.82. The average molecular weight is 321 g/mol. The van der Waals surface area contributed by atoms with E-state index in [0.29, 0.717) is 5.69 Å². The highest BCUT2D eigenvalue weighted by molar-refractivity contribution is 6.32. The Bertz CT molecular complexity index is 690. The molecule has 6 heteroatoms. The SMILES string of the molecule is CC(Cl)C(=O)Nc1ccc(F)cc1C(=O)Nc1ccccc1. The number of hydrogen-bond acceptors (Lipinski definition) is 2. The topological polar surface area (TPSA) is 58.2 Å². The van der Waals surface area contributed by atoms with Gasteiger partial charge < -0.3 is 10.6 Å². The van der Waals surface area contributed by atoms with Gasteiger partial charge in [0, 0.05) is 5.69 Å². The van der Waals surface area contributed by atoms with Crippen LogP contribution in [0, 0.1) is 5.82 Å². The average Bonchev–Trinajstić information content (AvgIpc) is 2.49. The maximum Gasteiger partial charge on any atom is 0.257 e. The summed E-state index contributed by atoms with van der Waals surface area (Å²) in [5.74, 6) is -1.57. The maximum absolute atomic E-state index is 13.4. The van der Waals surface area contributed by atoms with Gasteiger partial charge in [-0.25, -0.2) is 4.39 Å². The molecule has 2 aromatic carbocycles. The molecular weight excluding hydrogens is 307 g/mol. The number of amides is 2. The Hall–Kier alpha value is -2.40. The number of hydrogen-bond donors (Lipinski definition) is 2. The minimum absolute atomic E-state index is 0.0227. The highest BCUT2D eigenvalue weighted by atomic mass is 35.5. The molecule has 0 aliphatic carbocycles. The van der Waals surface area contributed by atoms with Crippen LogP contribution < -0.4 is 10.6 Å². The van der Waals surface area contributed by atoms with Gasteiger partial charge in [-0.15, -0.1) is 11.6 Å². The summed E-state index contributed by atoms with van der Waals surface area (Å²) in [5, 5.41) is 4.38. The van der Waals surface area contributed by atoms with Gasteiger partial charge in [0.25, 0.3) is 5.91 Å². The first-order valence-electron chi connectivity index (χ1n) is 6.58. The standard InChI is InChI=1S/C16H14ClFN2O2/c1-10(17)15(21)20-14-8-7-11(18)9-13(14)16(22)19-12-5-3-2-4-6-12/h2-10H,1H3,(H,19,22)(H,20,21). The summed E-state index contributed by atoms with van der Waals surface area (Å²) in [6.45, 7) is 1.50. The molecule has 114 valence electrons.